The third kappa shape index (κ3) is 1.31. The van der Waals surface area contributed by atoms with Crippen molar-refractivity contribution in [2.75, 3.05) is 0 Å². The Morgan fingerprint density at radius 2 is 1.38 bits per heavy atom. The van der Waals surface area contributed by atoms with Crippen molar-refractivity contribution in [1.29, 1.82) is 0 Å². The van der Waals surface area contributed by atoms with Crippen LogP contribution in [0.25, 0.3) is 0 Å². The molecule has 13 heavy (non-hydrogen) atoms. The maximum absolute atomic E-state index is 11.3. The highest BCUT2D eigenvalue weighted by atomic mass is 16.2. The van der Waals surface area contributed by atoms with Crippen molar-refractivity contribution < 1.29 is 9.59 Å². The van der Waals surface area contributed by atoms with Gasteiger partial charge < -0.3 is 0 Å². The molecule has 0 amide bonds. The molecule has 0 heterocycles. The van der Waals surface area contributed by atoms with Gasteiger partial charge >= 0.3 is 0 Å². The highest BCUT2D eigenvalue weighted by Crippen LogP contribution is 2.22. The number of carbonyl (C=O) groups is 2. The van der Waals surface area contributed by atoms with Crippen LogP contribution in [-0.2, 0) is 9.59 Å². The fourth-order valence-corrected chi connectivity index (χ4v) is 1.47. The average Bonchev–Trinajstić information content (AvgIpc) is 2.48. The van der Waals surface area contributed by atoms with Gasteiger partial charge in [-0.1, -0.05) is 30.3 Å². The summed E-state index contributed by atoms with van der Waals surface area (Å²) in [6.07, 6.45) is 2.69. The number of rotatable bonds is 1. The molecule has 0 atom stereocenters. The molecule has 64 valence electrons. The van der Waals surface area contributed by atoms with E-state index in [1.807, 2.05) is 18.2 Å². The summed E-state index contributed by atoms with van der Waals surface area (Å²) in [6.45, 7) is 0. The van der Waals surface area contributed by atoms with E-state index in [9.17, 15) is 9.59 Å². The molecule has 1 aliphatic carbocycles. The Bertz CT molecular complexity index is 358. The minimum absolute atomic E-state index is 0.115. The van der Waals surface area contributed by atoms with Crippen molar-refractivity contribution in [2.45, 2.75) is 5.92 Å². The van der Waals surface area contributed by atoms with E-state index in [2.05, 4.69) is 0 Å². The molecular weight excluding hydrogens is 164 g/mol. The zero-order chi connectivity index (χ0) is 9.26. The van der Waals surface area contributed by atoms with E-state index in [1.54, 1.807) is 12.1 Å². The first-order valence-electron chi connectivity index (χ1n) is 4.10. The number of hydrogen-bond donors (Lipinski definition) is 0. The lowest BCUT2D eigenvalue weighted by Crippen LogP contribution is -2.12. The van der Waals surface area contributed by atoms with Crippen LogP contribution in [0.4, 0.5) is 0 Å². The van der Waals surface area contributed by atoms with Gasteiger partial charge in [0.1, 0.15) is 5.92 Å². The van der Waals surface area contributed by atoms with Crippen LogP contribution in [0.2, 0.25) is 0 Å². The molecule has 1 aromatic carbocycles. The fourth-order valence-electron chi connectivity index (χ4n) is 1.47. The van der Waals surface area contributed by atoms with E-state index in [4.69, 9.17) is 0 Å². The molecule has 0 aliphatic heterocycles. The molecule has 2 nitrogen and oxygen atoms in total. The van der Waals surface area contributed by atoms with Crippen molar-refractivity contribution in [1.82, 2.24) is 0 Å². The highest BCUT2D eigenvalue weighted by Gasteiger charge is 2.29. The molecule has 0 aromatic heterocycles. The highest BCUT2D eigenvalue weighted by molar-refractivity contribution is 6.22. The SMILES string of the molecule is O=C1C=CC(=O)C1c1ccccc1. The van der Waals surface area contributed by atoms with Gasteiger partial charge in [0.05, 0.1) is 0 Å². The summed E-state index contributed by atoms with van der Waals surface area (Å²) >= 11 is 0. The second kappa shape index (κ2) is 2.98. The van der Waals surface area contributed by atoms with E-state index in [-0.39, 0.29) is 11.6 Å². The van der Waals surface area contributed by atoms with Crippen molar-refractivity contribution in [3.63, 3.8) is 0 Å². The standard InChI is InChI=1S/C11H8O2/c12-9-6-7-10(13)11(9)8-4-2-1-3-5-8/h1-7,11H. The Kier molecular flexibility index (Phi) is 1.81. The van der Waals surface area contributed by atoms with Crippen molar-refractivity contribution in [2.24, 2.45) is 0 Å². The Hall–Kier alpha value is -1.70. The molecule has 2 heteroatoms. The zero-order valence-electron chi connectivity index (χ0n) is 6.94. The summed E-state index contributed by atoms with van der Waals surface area (Å²) in [6, 6.07) is 9.12. The van der Waals surface area contributed by atoms with Crippen LogP contribution in [0.5, 0.6) is 0 Å². The van der Waals surface area contributed by atoms with Crippen LogP contribution in [0.15, 0.2) is 42.5 Å². The lowest BCUT2D eigenvalue weighted by atomic mass is 9.95. The molecule has 0 bridgehead atoms. The van der Waals surface area contributed by atoms with Gasteiger partial charge in [-0.2, -0.15) is 0 Å². The van der Waals surface area contributed by atoms with E-state index in [1.165, 1.54) is 12.2 Å². The monoisotopic (exact) mass is 172 g/mol. The normalized spacial score (nSPS) is 16.9. The third-order valence-electron chi connectivity index (χ3n) is 2.11. The summed E-state index contributed by atoms with van der Waals surface area (Å²) < 4.78 is 0. The Balaban J connectivity index is 2.38. The first kappa shape index (κ1) is 7.92. The summed E-state index contributed by atoms with van der Waals surface area (Å²) in [5.74, 6) is -0.811. The van der Waals surface area contributed by atoms with Crippen LogP contribution in [0.3, 0.4) is 0 Å². The predicted molar refractivity (Wildman–Crippen MR) is 48.3 cm³/mol. The lowest BCUT2D eigenvalue weighted by molar-refractivity contribution is -0.122. The maximum atomic E-state index is 11.3. The van der Waals surface area contributed by atoms with E-state index >= 15 is 0 Å². The predicted octanol–water partition coefficient (Wildman–Crippen LogP) is 1.48. The Morgan fingerprint density at radius 3 is 1.92 bits per heavy atom. The summed E-state index contributed by atoms with van der Waals surface area (Å²) in [4.78, 5) is 22.6. The molecule has 0 spiro atoms. The molecule has 0 N–H and O–H groups in total. The van der Waals surface area contributed by atoms with Crippen molar-refractivity contribution >= 4 is 11.6 Å². The van der Waals surface area contributed by atoms with Crippen LogP contribution in [0, 0.1) is 0 Å². The van der Waals surface area contributed by atoms with E-state index < -0.39 is 5.92 Å². The molecule has 2 rings (SSSR count). The van der Waals surface area contributed by atoms with Crippen LogP contribution >= 0.6 is 0 Å². The fraction of sp³-hybridized carbons (Fsp3) is 0.0909. The zero-order valence-corrected chi connectivity index (χ0v) is 6.94. The second-order valence-corrected chi connectivity index (χ2v) is 2.98. The van der Waals surface area contributed by atoms with Crippen LogP contribution in [-0.4, -0.2) is 11.6 Å². The molecule has 0 unspecified atom stereocenters. The van der Waals surface area contributed by atoms with Crippen LogP contribution < -0.4 is 0 Å². The summed E-state index contributed by atoms with van der Waals surface area (Å²) in [5.41, 5.74) is 0.780. The number of hydrogen-bond acceptors (Lipinski definition) is 2. The molecule has 0 saturated heterocycles. The minimum Gasteiger partial charge on any atom is -0.294 e. The summed E-state index contributed by atoms with van der Waals surface area (Å²) in [7, 11) is 0. The quantitative estimate of drug-likeness (QED) is 0.601. The number of allylic oxidation sites excluding steroid dienone is 2. The summed E-state index contributed by atoms with van der Waals surface area (Å²) in [5, 5.41) is 0. The van der Waals surface area contributed by atoms with Gasteiger partial charge in [-0.3, -0.25) is 9.59 Å². The lowest BCUT2D eigenvalue weighted by Gasteiger charge is -2.05. The largest absolute Gasteiger partial charge is 0.294 e. The number of ketones is 2. The second-order valence-electron chi connectivity index (χ2n) is 2.98. The molecule has 0 fully saturated rings. The molecule has 0 radical (unpaired) electrons. The third-order valence-corrected chi connectivity index (χ3v) is 2.11. The van der Waals surface area contributed by atoms with Crippen molar-refractivity contribution in [3.8, 4) is 0 Å². The maximum Gasteiger partial charge on any atom is 0.171 e. The average molecular weight is 172 g/mol. The molecule has 1 aliphatic rings. The minimum atomic E-state index is -0.582. The van der Waals surface area contributed by atoms with Gasteiger partial charge in [0.2, 0.25) is 0 Å². The van der Waals surface area contributed by atoms with E-state index in [0.717, 1.165) is 5.56 Å². The van der Waals surface area contributed by atoms with Gasteiger partial charge in [0.25, 0.3) is 0 Å². The first-order chi connectivity index (χ1) is 6.29. The van der Waals surface area contributed by atoms with Gasteiger partial charge in [-0.25, -0.2) is 0 Å². The Morgan fingerprint density at radius 1 is 0.846 bits per heavy atom. The number of benzene rings is 1. The first-order valence-corrected chi connectivity index (χ1v) is 4.10. The van der Waals surface area contributed by atoms with Gasteiger partial charge in [-0.05, 0) is 17.7 Å². The van der Waals surface area contributed by atoms with Crippen LogP contribution in [0.1, 0.15) is 11.5 Å². The molecule has 1 aromatic rings. The Labute approximate surface area is 75.9 Å². The van der Waals surface area contributed by atoms with Crippen molar-refractivity contribution in [3.05, 3.63) is 48.0 Å². The smallest absolute Gasteiger partial charge is 0.171 e. The molecule has 0 saturated carbocycles. The topological polar surface area (TPSA) is 34.1 Å². The van der Waals surface area contributed by atoms with Gasteiger partial charge in [-0.15, -0.1) is 0 Å². The van der Waals surface area contributed by atoms with Gasteiger partial charge in [0.15, 0.2) is 11.6 Å². The molecular formula is C11H8O2. The van der Waals surface area contributed by atoms with E-state index in [0.29, 0.717) is 0 Å². The van der Waals surface area contributed by atoms with Gasteiger partial charge in [0, 0.05) is 0 Å². The number of carbonyl (C=O) groups excluding carboxylic acids is 2.